The minimum atomic E-state index is -0.330. The number of aromatic nitrogens is 3. The van der Waals surface area contributed by atoms with Gasteiger partial charge in [-0.05, 0) is 34.6 Å². The van der Waals surface area contributed by atoms with Gasteiger partial charge in [-0.15, -0.1) is 0 Å². The number of rotatable bonds is 5. The van der Waals surface area contributed by atoms with Crippen LogP contribution in [-0.4, -0.2) is 14.8 Å². The molecular weight excluding hydrogens is 405 g/mol. The molecule has 0 aliphatic heterocycles. The summed E-state index contributed by atoms with van der Waals surface area (Å²) >= 11 is 8.19. The molecule has 112 valence electrons. The summed E-state index contributed by atoms with van der Waals surface area (Å²) in [4.78, 5) is 16.2. The van der Waals surface area contributed by atoms with E-state index in [1.54, 1.807) is 6.20 Å². The zero-order valence-corrected chi connectivity index (χ0v) is 14.6. The zero-order chi connectivity index (χ0) is 15.4. The molecule has 0 fully saturated rings. The van der Waals surface area contributed by atoms with Gasteiger partial charge < -0.3 is 4.74 Å². The molecule has 2 aromatic heterocycles. The van der Waals surface area contributed by atoms with Crippen LogP contribution in [0.15, 0.2) is 29.3 Å². The Bertz CT molecular complexity index is 671. The average molecular weight is 420 g/mol. The van der Waals surface area contributed by atoms with Gasteiger partial charge >= 0.3 is 0 Å². The molecule has 0 unspecified atom stereocenters. The maximum Gasteiger partial charge on any atom is 0.289 e. The van der Waals surface area contributed by atoms with Gasteiger partial charge in [0, 0.05) is 18.3 Å². The highest BCUT2D eigenvalue weighted by Crippen LogP contribution is 2.19. The summed E-state index contributed by atoms with van der Waals surface area (Å²) in [6.07, 6.45) is 3.20. The smallest absolute Gasteiger partial charge is 0.289 e. The fourth-order valence-corrected chi connectivity index (χ4v) is 2.20. The second-order valence-corrected chi connectivity index (χ2v) is 6.46. The lowest BCUT2D eigenvalue weighted by molar-refractivity contribution is 0.301. The first kappa shape index (κ1) is 16.2. The summed E-state index contributed by atoms with van der Waals surface area (Å²) in [5, 5.41) is 4.14. The molecule has 7 heteroatoms. The molecule has 0 aromatic carbocycles. The van der Waals surface area contributed by atoms with Crippen LogP contribution in [0.5, 0.6) is 5.75 Å². The van der Waals surface area contributed by atoms with E-state index in [1.807, 2.05) is 26.0 Å². The van der Waals surface area contributed by atoms with Crippen LogP contribution in [0.1, 0.15) is 19.4 Å². The van der Waals surface area contributed by atoms with Crippen LogP contribution in [0.4, 0.5) is 0 Å². The molecule has 2 heterocycles. The predicted octanol–water partition coefficient (Wildman–Crippen LogP) is 3.13. The quantitative estimate of drug-likeness (QED) is 0.552. The Hall–Kier alpha value is -1.15. The average Bonchev–Trinajstić information content (AvgIpc) is 2.44. The lowest BCUT2D eigenvalue weighted by atomic mass is 10.2. The third kappa shape index (κ3) is 4.41. The van der Waals surface area contributed by atoms with E-state index in [1.165, 1.54) is 10.9 Å². The topological polar surface area (TPSA) is 57.0 Å². The van der Waals surface area contributed by atoms with Gasteiger partial charge in [-0.25, -0.2) is 9.67 Å². The van der Waals surface area contributed by atoms with Crippen LogP contribution < -0.4 is 10.3 Å². The Morgan fingerprint density at radius 3 is 2.76 bits per heavy atom. The van der Waals surface area contributed by atoms with E-state index in [9.17, 15) is 4.79 Å². The van der Waals surface area contributed by atoms with Crippen LogP contribution in [0.2, 0.25) is 5.02 Å². The molecule has 0 saturated heterocycles. The molecule has 0 aliphatic rings. The van der Waals surface area contributed by atoms with Gasteiger partial charge in [0.25, 0.3) is 5.56 Å². The van der Waals surface area contributed by atoms with E-state index < -0.39 is 0 Å². The number of nitrogens with zero attached hydrogens (tertiary/aromatic N) is 3. The Balaban J connectivity index is 2.12. The van der Waals surface area contributed by atoms with Crippen LogP contribution in [-0.2, 0) is 13.2 Å². The van der Waals surface area contributed by atoms with Crippen molar-refractivity contribution in [2.45, 2.75) is 27.0 Å². The van der Waals surface area contributed by atoms with E-state index in [0.29, 0.717) is 24.8 Å². The number of pyridine rings is 1. The van der Waals surface area contributed by atoms with Crippen molar-refractivity contribution in [3.05, 3.63) is 49.2 Å². The number of ether oxygens (including phenoxy) is 1. The largest absolute Gasteiger partial charge is 0.485 e. The summed E-state index contributed by atoms with van der Waals surface area (Å²) in [7, 11) is 0. The molecule has 0 spiro atoms. The van der Waals surface area contributed by atoms with Crippen LogP contribution >= 0.6 is 34.2 Å². The van der Waals surface area contributed by atoms with Gasteiger partial charge in [0.2, 0.25) is 0 Å². The molecular formula is C14H15ClIN3O2. The molecule has 0 amide bonds. The Kier molecular flexibility index (Phi) is 5.58. The molecule has 21 heavy (non-hydrogen) atoms. The second kappa shape index (κ2) is 7.22. The van der Waals surface area contributed by atoms with Gasteiger partial charge in [-0.2, -0.15) is 5.10 Å². The lowest BCUT2D eigenvalue weighted by Crippen LogP contribution is -2.25. The standard InChI is InChI=1S/C14H15ClIN3O2/c1-9(2)7-19-14(20)13(15)11(6-18-19)21-8-10-3-4-12(16)17-5-10/h3-6,9H,7-8H2,1-2H3. The molecule has 0 radical (unpaired) electrons. The molecule has 0 bridgehead atoms. The Morgan fingerprint density at radius 1 is 1.38 bits per heavy atom. The summed E-state index contributed by atoms with van der Waals surface area (Å²) in [6, 6.07) is 3.80. The third-order valence-electron chi connectivity index (χ3n) is 2.67. The first-order chi connectivity index (χ1) is 9.97. The van der Waals surface area contributed by atoms with Crippen molar-refractivity contribution in [1.29, 1.82) is 0 Å². The van der Waals surface area contributed by atoms with Gasteiger partial charge in [0.15, 0.2) is 10.8 Å². The highest BCUT2D eigenvalue weighted by Gasteiger charge is 2.11. The van der Waals surface area contributed by atoms with E-state index in [4.69, 9.17) is 16.3 Å². The number of hydrogen-bond acceptors (Lipinski definition) is 4. The summed E-state index contributed by atoms with van der Waals surface area (Å²) in [5.41, 5.74) is 0.571. The number of hydrogen-bond donors (Lipinski definition) is 0. The van der Waals surface area contributed by atoms with Crippen molar-refractivity contribution in [3.8, 4) is 5.75 Å². The lowest BCUT2D eigenvalue weighted by Gasteiger charge is -2.11. The van der Waals surface area contributed by atoms with Crippen LogP contribution in [0, 0.1) is 9.62 Å². The molecule has 0 aliphatic carbocycles. The summed E-state index contributed by atoms with van der Waals surface area (Å²) in [5.74, 6) is 0.608. The fourth-order valence-electron chi connectivity index (χ4n) is 1.68. The van der Waals surface area contributed by atoms with Crippen molar-refractivity contribution in [2.75, 3.05) is 0 Å². The van der Waals surface area contributed by atoms with Crippen molar-refractivity contribution < 1.29 is 4.74 Å². The molecule has 2 rings (SSSR count). The van der Waals surface area contributed by atoms with Crippen LogP contribution in [0.25, 0.3) is 0 Å². The highest BCUT2D eigenvalue weighted by molar-refractivity contribution is 14.1. The fraction of sp³-hybridized carbons (Fsp3) is 0.357. The van der Waals surface area contributed by atoms with Crippen molar-refractivity contribution in [3.63, 3.8) is 0 Å². The molecule has 2 aromatic rings. The van der Waals surface area contributed by atoms with E-state index in [-0.39, 0.29) is 10.6 Å². The first-order valence-electron chi connectivity index (χ1n) is 6.46. The summed E-state index contributed by atoms with van der Waals surface area (Å²) < 4.78 is 7.82. The van der Waals surface area contributed by atoms with Crippen LogP contribution in [0.3, 0.4) is 0 Å². The third-order valence-corrected chi connectivity index (χ3v) is 3.66. The highest BCUT2D eigenvalue weighted by atomic mass is 127. The summed E-state index contributed by atoms with van der Waals surface area (Å²) in [6.45, 7) is 4.84. The van der Waals surface area contributed by atoms with E-state index >= 15 is 0 Å². The second-order valence-electron chi connectivity index (χ2n) is 4.98. The minimum Gasteiger partial charge on any atom is -0.485 e. The first-order valence-corrected chi connectivity index (χ1v) is 7.92. The van der Waals surface area contributed by atoms with Crippen molar-refractivity contribution >= 4 is 34.2 Å². The van der Waals surface area contributed by atoms with Crippen molar-refractivity contribution in [1.82, 2.24) is 14.8 Å². The predicted molar refractivity (Wildman–Crippen MR) is 89.6 cm³/mol. The van der Waals surface area contributed by atoms with Crippen molar-refractivity contribution in [2.24, 2.45) is 5.92 Å². The van der Waals surface area contributed by atoms with Gasteiger partial charge in [-0.1, -0.05) is 31.5 Å². The monoisotopic (exact) mass is 419 g/mol. The maximum absolute atomic E-state index is 12.1. The van der Waals surface area contributed by atoms with Gasteiger partial charge in [0.1, 0.15) is 10.3 Å². The van der Waals surface area contributed by atoms with E-state index in [2.05, 4.69) is 32.7 Å². The van der Waals surface area contributed by atoms with E-state index in [0.717, 1.165) is 9.26 Å². The minimum absolute atomic E-state index is 0.0594. The molecule has 5 nitrogen and oxygen atoms in total. The zero-order valence-electron chi connectivity index (χ0n) is 11.7. The maximum atomic E-state index is 12.1. The molecule has 0 saturated carbocycles. The normalized spacial score (nSPS) is 10.9. The van der Waals surface area contributed by atoms with Gasteiger partial charge in [-0.3, -0.25) is 4.79 Å². The Labute approximate surface area is 141 Å². The SMILES string of the molecule is CC(C)Cn1ncc(OCc2ccc(I)nc2)c(Cl)c1=O. The Morgan fingerprint density at radius 2 is 2.14 bits per heavy atom. The molecule has 0 N–H and O–H groups in total. The molecule has 0 atom stereocenters. The van der Waals surface area contributed by atoms with Gasteiger partial charge in [0.05, 0.1) is 6.20 Å². The number of halogens is 2.